The number of benzene rings is 1. The molecule has 0 aliphatic rings. The van der Waals surface area contributed by atoms with Crippen molar-refractivity contribution in [3.05, 3.63) is 78.0 Å². The molecule has 0 saturated heterocycles. The summed E-state index contributed by atoms with van der Waals surface area (Å²) < 4.78 is 59.2. The second kappa shape index (κ2) is 9.21. The number of sulfonamides is 1. The van der Waals surface area contributed by atoms with Crippen LogP contribution in [0.1, 0.15) is 31.2 Å². The average Bonchev–Trinajstić information content (AvgIpc) is 3.21. The zero-order chi connectivity index (χ0) is 24.5. The van der Waals surface area contributed by atoms with Crippen LogP contribution in [0.15, 0.2) is 55.0 Å². The maximum atomic E-state index is 14.7. The lowest BCUT2D eigenvalue weighted by Crippen LogP contribution is -2.31. The first kappa shape index (κ1) is 23.4. The van der Waals surface area contributed by atoms with Crippen molar-refractivity contribution in [2.75, 3.05) is 4.72 Å². The summed E-state index contributed by atoms with van der Waals surface area (Å²) >= 11 is 0. The highest BCUT2D eigenvalue weighted by Crippen LogP contribution is 2.29. The van der Waals surface area contributed by atoms with Crippen molar-refractivity contribution in [3.63, 3.8) is 0 Å². The number of aromatic nitrogens is 6. The van der Waals surface area contributed by atoms with Crippen LogP contribution in [0.25, 0.3) is 17.2 Å². The molecule has 2 atom stereocenters. The predicted molar refractivity (Wildman–Crippen MR) is 122 cm³/mol. The molecule has 0 spiro atoms. The molecule has 176 valence electrons. The number of hydrogen-bond acceptors (Lipinski definition) is 7. The molecule has 9 nitrogen and oxygen atoms in total. The maximum absolute atomic E-state index is 14.7. The van der Waals surface area contributed by atoms with E-state index >= 15 is 0 Å². The quantitative estimate of drug-likeness (QED) is 0.425. The van der Waals surface area contributed by atoms with Gasteiger partial charge < -0.3 is 0 Å². The highest BCUT2D eigenvalue weighted by molar-refractivity contribution is 7.93. The summed E-state index contributed by atoms with van der Waals surface area (Å²) in [7, 11) is -4.11. The van der Waals surface area contributed by atoms with Gasteiger partial charge in [-0.25, -0.2) is 27.2 Å². The van der Waals surface area contributed by atoms with Gasteiger partial charge in [-0.05, 0) is 43.7 Å². The van der Waals surface area contributed by atoms with Crippen molar-refractivity contribution in [1.29, 1.82) is 0 Å². The maximum Gasteiger partial charge on any atom is 0.243 e. The molecule has 0 fully saturated rings. The first-order valence-corrected chi connectivity index (χ1v) is 11.8. The topological polar surface area (TPSA) is 116 Å². The summed E-state index contributed by atoms with van der Waals surface area (Å²) in [4.78, 5) is 12.6. The monoisotopic (exact) mass is 485 g/mol. The fourth-order valence-electron chi connectivity index (χ4n) is 3.26. The molecule has 34 heavy (non-hydrogen) atoms. The van der Waals surface area contributed by atoms with Gasteiger partial charge in [-0.2, -0.15) is 0 Å². The number of anilines is 1. The molecule has 0 saturated carbocycles. The molecule has 0 bridgehead atoms. The molecule has 3 aromatic heterocycles. The van der Waals surface area contributed by atoms with E-state index in [0.29, 0.717) is 5.82 Å². The van der Waals surface area contributed by atoms with Gasteiger partial charge in [0.1, 0.15) is 28.8 Å². The van der Waals surface area contributed by atoms with Crippen molar-refractivity contribution in [1.82, 2.24) is 29.7 Å². The van der Waals surface area contributed by atoms with E-state index in [2.05, 4.69) is 29.9 Å². The van der Waals surface area contributed by atoms with E-state index in [0.717, 1.165) is 22.3 Å². The SMILES string of the molecule is Cc1cnc(C(C)C(C)S(=O)(=O)Nc2nnc(-c3ccccn3)n2-c2c(F)cccc2F)nc1. The van der Waals surface area contributed by atoms with Gasteiger partial charge in [0.05, 0.1) is 5.25 Å². The van der Waals surface area contributed by atoms with Gasteiger partial charge in [0.15, 0.2) is 5.82 Å². The Bertz CT molecular complexity index is 1390. The van der Waals surface area contributed by atoms with Crippen LogP contribution in [-0.4, -0.2) is 43.4 Å². The Labute approximate surface area is 195 Å². The van der Waals surface area contributed by atoms with Crippen LogP contribution >= 0.6 is 0 Å². The van der Waals surface area contributed by atoms with Crippen LogP contribution in [0.4, 0.5) is 14.7 Å². The number of pyridine rings is 1. The van der Waals surface area contributed by atoms with Crippen LogP contribution < -0.4 is 4.72 Å². The number of rotatable bonds is 7. The number of para-hydroxylation sites is 1. The number of nitrogens with one attached hydrogen (secondary N) is 1. The molecule has 0 radical (unpaired) electrons. The van der Waals surface area contributed by atoms with Gasteiger partial charge >= 0.3 is 0 Å². The lowest BCUT2D eigenvalue weighted by Gasteiger charge is -2.20. The van der Waals surface area contributed by atoms with E-state index < -0.39 is 38.5 Å². The summed E-state index contributed by atoms with van der Waals surface area (Å²) in [6.07, 6.45) is 4.67. The van der Waals surface area contributed by atoms with Crippen LogP contribution in [-0.2, 0) is 10.0 Å². The van der Waals surface area contributed by atoms with Crippen molar-refractivity contribution in [3.8, 4) is 17.2 Å². The Balaban J connectivity index is 1.77. The molecule has 0 aliphatic carbocycles. The summed E-state index contributed by atoms with van der Waals surface area (Å²) in [6.45, 7) is 4.99. The minimum atomic E-state index is -4.11. The Morgan fingerprint density at radius 1 is 0.941 bits per heavy atom. The van der Waals surface area contributed by atoms with Gasteiger partial charge in [-0.15, -0.1) is 10.2 Å². The van der Waals surface area contributed by atoms with Gasteiger partial charge in [0, 0.05) is 24.5 Å². The van der Waals surface area contributed by atoms with Gasteiger partial charge in [-0.3, -0.25) is 14.3 Å². The summed E-state index contributed by atoms with van der Waals surface area (Å²) in [5, 5.41) is 6.84. The van der Waals surface area contributed by atoms with E-state index in [4.69, 9.17) is 0 Å². The van der Waals surface area contributed by atoms with E-state index in [1.807, 2.05) is 6.92 Å². The lowest BCUT2D eigenvalue weighted by molar-refractivity contribution is 0.564. The van der Waals surface area contributed by atoms with Crippen molar-refractivity contribution >= 4 is 16.0 Å². The minimum absolute atomic E-state index is 0.0372. The second-order valence-electron chi connectivity index (χ2n) is 7.73. The standard InChI is InChI=1S/C22H21F2N7O2S/c1-13-11-26-20(27-12-13)14(2)15(3)34(32,33)30-22-29-28-21(18-9-4-5-10-25-18)31(22)19-16(23)7-6-8-17(19)24/h4-12,14-15H,1-3H3,(H,29,30). The Morgan fingerprint density at radius 2 is 1.62 bits per heavy atom. The predicted octanol–water partition coefficient (Wildman–Crippen LogP) is 3.64. The van der Waals surface area contributed by atoms with Crippen LogP contribution in [0, 0.1) is 18.6 Å². The number of halogens is 2. The molecular formula is C22H21F2N7O2S. The van der Waals surface area contributed by atoms with Gasteiger partial charge in [0.25, 0.3) is 0 Å². The third-order valence-electron chi connectivity index (χ3n) is 5.35. The van der Waals surface area contributed by atoms with E-state index in [9.17, 15) is 17.2 Å². The van der Waals surface area contributed by atoms with E-state index in [1.165, 1.54) is 19.2 Å². The second-order valence-corrected chi connectivity index (χ2v) is 9.77. The van der Waals surface area contributed by atoms with Crippen molar-refractivity contribution in [2.24, 2.45) is 0 Å². The van der Waals surface area contributed by atoms with Gasteiger partial charge in [0.2, 0.25) is 16.0 Å². The first-order valence-electron chi connectivity index (χ1n) is 10.3. The molecule has 12 heteroatoms. The van der Waals surface area contributed by atoms with E-state index in [-0.39, 0.29) is 17.5 Å². The molecule has 0 aliphatic heterocycles. The number of nitrogens with zero attached hydrogens (tertiary/aromatic N) is 6. The van der Waals surface area contributed by atoms with Crippen molar-refractivity contribution in [2.45, 2.75) is 31.9 Å². The summed E-state index contributed by atoms with van der Waals surface area (Å²) in [6, 6.07) is 8.20. The highest BCUT2D eigenvalue weighted by Gasteiger charge is 2.32. The molecule has 2 unspecified atom stereocenters. The molecule has 1 aromatic carbocycles. The largest absolute Gasteiger partial charge is 0.253 e. The minimum Gasteiger partial charge on any atom is -0.253 e. The Hall–Kier alpha value is -3.80. The molecular weight excluding hydrogens is 464 g/mol. The van der Waals surface area contributed by atoms with Crippen LogP contribution in [0.2, 0.25) is 0 Å². The fraction of sp³-hybridized carbons (Fsp3) is 0.227. The highest BCUT2D eigenvalue weighted by atomic mass is 32.2. The molecule has 3 heterocycles. The Morgan fingerprint density at radius 3 is 2.24 bits per heavy atom. The smallest absolute Gasteiger partial charge is 0.243 e. The van der Waals surface area contributed by atoms with Gasteiger partial charge in [-0.1, -0.05) is 19.1 Å². The summed E-state index contributed by atoms with van der Waals surface area (Å²) in [5.74, 6) is -2.51. The van der Waals surface area contributed by atoms with E-state index in [1.54, 1.807) is 37.5 Å². The number of hydrogen-bond donors (Lipinski definition) is 1. The molecule has 0 amide bonds. The van der Waals surface area contributed by atoms with Crippen LogP contribution in [0.3, 0.4) is 0 Å². The molecule has 1 N–H and O–H groups in total. The normalized spacial score (nSPS) is 13.4. The molecule has 4 aromatic rings. The third-order valence-corrected chi connectivity index (χ3v) is 7.21. The summed E-state index contributed by atoms with van der Waals surface area (Å²) in [5.41, 5.74) is 0.553. The van der Waals surface area contributed by atoms with Crippen molar-refractivity contribution < 1.29 is 17.2 Å². The zero-order valence-electron chi connectivity index (χ0n) is 18.5. The fourth-order valence-corrected chi connectivity index (χ4v) is 4.49. The lowest BCUT2D eigenvalue weighted by atomic mass is 10.1. The molecule has 4 rings (SSSR count). The first-order chi connectivity index (χ1) is 16.2. The average molecular weight is 486 g/mol. The van der Waals surface area contributed by atoms with Crippen LogP contribution in [0.5, 0.6) is 0 Å². The zero-order valence-corrected chi connectivity index (χ0v) is 19.3. The number of aryl methyl sites for hydroxylation is 1. The third kappa shape index (κ3) is 4.49. The Kier molecular flexibility index (Phi) is 6.33.